The lowest BCUT2D eigenvalue weighted by atomic mass is 9.90. The molecule has 0 atom stereocenters. The number of carbonyl (C=O) groups excluding carboxylic acids is 1. The zero-order valence-electron chi connectivity index (χ0n) is 19.1. The highest BCUT2D eigenvalue weighted by Gasteiger charge is 2.37. The second kappa shape index (κ2) is 9.43. The third-order valence-corrected chi connectivity index (χ3v) is 8.46. The smallest absolute Gasteiger partial charge is 0.339 e. The van der Waals surface area contributed by atoms with E-state index in [2.05, 4.69) is 10.1 Å². The summed E-state index contributed by atoms with van der Waals surface area (Å²) in [6.07, 6.45) is 7.29. The molecule has 2 heterocycles. The summed E-state index contributed by atoms with van der Waals surface area (Å²) < 4.78 is 30.2. The molecule has 1 fully saturated rings. The molecule has 0 aromatic heterocycles. The first-order valence-corrected chi connectivity index (χ1v) is 13.6. The van der Waals surface area contributed by atoms with Crippen molar-refractivity contribution in [1.82, 2.24) is 5.01 Å². The Kier molecular flexibility index (Phi) is 6.33. The van der Waals surface area contributed by atoms with Crippen LogP contribution in [0.25, 0.3) is 6.08 Å². The summed E-state index contributed by atoms with van der Waals surface area (Å²) in [6.45, 7) is 1.87. The van der Waals surface area contributed by atoms with Crippen molar-refractivity contribution in [3.8, 4) is 5.75 Å². The van der Waals surface area contributed by atoms with Gasteiger partial charge in [0, 0.05) is 5.92 Å². The average Bonchev–Trinajstić information content (AvgIpc) is 3.28. The van der Waals surface area contributed by atoms with Gasteiger partial charge in [0.25, 0.3) is 5.91 Å². The standard InChI is InChI=1S/C25H24N4O4S2/c1-16-7-13-20(14-8-16)35(31,32)33-19-11-9-17(10-12-19)15-21-22(26)29-25(27-23(21)30)34-24(28-29)18-5-3-2-4-6-18/h7-15,18,26H,2-6H2,1H3/b21-15+,26-22?. The average molecular weight is 509 g/mol. The maximum Gasteiger partial charge on any atom is 0.339 e. The van der Waals surface area contributed by atoms with E-state index in [0.717, 1.165) is 23.4 Å². The predicted molar refractivity (Wildman–Crippen MR) is 137 cm³/mol. The number of thioether (sulfide) groups is 1. The Morgan fingerprint density at radius 3 is 2.43 bits per heavy atom. The van der Waals surface area contributed by atoms with E-state index >= 15 is 0 Å². The molecule has 1 aliphatic carbocycles. The SMILES string of the molecule is Cc1ccc(S(=O)(=O)Oc2ccc(/C=C3\C(=N)N4N=C(C5CCCCC5)SC4=NC3=O)cc2)cc1. The first kappa shape index (κ1) is 23.5. The van der Waals surface area contributed by atoms with Gasteiger partial charge in [-0.2, -0.15) is 23.5 Å². The Hall–Kier alpha value is -3.24. The summed E-state index contributed by atoms with van der Waals surface area (Å²) in [5, 5.41) is 16.0. The molecule has 0 bridgehead atoms. The van der Waals surface area contributed by atoms with Crippen molar-refractivity contribution >= 4 is 49.9 Å². The van der Waals surface area contributed by atoms with Gasteiger partial charge >= 0.3 is 10.1 Å². The van der Waals surface area contributed by atoms with Crippen LogP contribution in [0.4, 0.5) is 0 Å². The zero-order chi connectivity index (χ0) is 24.6. The molecule has 180 valence electrons. The Balaban J connectivity index is 1.32. The van der Waals surface area contributed by atoms with Gasteiger partial charge in [-0.3, -0.25) is 10.2 Å². The number of hydrogen-bond donors (Lipinski definition) is 1. The molecular formula is C25H24N4O4S2. The van der Waals surface area contributed by atoms with Crippen molar-refractivity contribution in [2.75, 3.05) is 0 Å². The molecule has 0 spiro atoms. The van der Waals surface area contributed by atoms with Gasteiger partial charge in [-0.1, -0.05) is 49.1 Å². The fourth-order valence-corrected chi connectivity index (χ4v) is 6.18. The van der Waals surface area contributed by atoms with Gasteiger partial charge in [-0.15, -0.1) is 0 Å². The minimum Gasteiger partial charge on any atom is -0.379 e. The number of carbonyl (C=O) groups is 1. The molecule has 35 heavy (non-hydrogen) atoms. The molecule has 10 heteroatoms. The van der Waals surface area contributed by atoms with Crippen molar-refractivity contribution in [1.29, 1.82) is 5.41 Å². The molecule has 8 nitrogen and oxygen atoms in total. The number of aliphatic imine (C=N–C) groups is 1. The van der Waals surface area contributed by atoms with Gasteiger partial charge in [0.1, 0.15) is 15.7 Å². The van der Waals surface area contributed by atoms with Gasteiger partial charge in [-0.25, -0.2) is 0 Å². The monoisotopic (exact) mass is 508 g/mol. The number of hydrogen-bond acceptors (Lipinski definition) is 7. The fourth-order valence-electron chi connectivity index (χ4n) is 4.19. The number of hydrazone groups is 1. The molecule has 0 unspecified atom stereocenters. The predicted octanol–water partition coefficient (Wildman–Crippen LogP) is 4.96. The highest BCUT2D eigenvalue weighted by atomic mass is 32.2. The number of rotatable bonds is 5. The van der Waals surface area contributed by atoms with Crippen molar-refractivity contribution in [2.24, 2.45) is 16.0 Å². The molecule has 3 aliphatic rings. The second-order valence-corrected chi connectivity index (χ2v) is 11.2. The van der Waals surface area contributed by atoms with Gasteiger partial charge in [-0.05, 0) is 67.4 Å². The number of amides is 1. The molecule has 2 aromatic rings. The summed E-state index contributed by atoms with van der Waals surface area (Å²) in [7, 11) is -3.96. The van der Waals surface area contributed by atoms with E-state index < -0.39 is 16.0 Å². The van der Waals surface area contributed by atoms with Crippen LogP contribution >= 0.6 is 11.8 Å². The molecule has 1 N–H and O–H groups in total. The molecule has 0 radical (unpaired) electrons. The van der Waals surface area contributed by atoms with Gasteiger partial charge in [0.15, 0.2) is 5.84 Å². The molecule has 2 aliphatic heterocycles. The first-order valence-electron chi connectivity index (χ1n) is 11.4. The van der Waals surface area contributed by atoms with E-state index in [1.165, 1.54) is 60.3 Å². The van der Waals surface area contributed by atoms with Crippen molar-refractivity contribution in [3.05, 3.63) is 65.2 Å². The Morgan fingerprint density at radius 1 is 1.06 bits per heavy atom. The Morgan fingerprint density at radius 2 is 1.74 bits per heavy atom. The topological polar surface area (TPSA) is 112 Å². The van der Waals surface area contributed by atoms with Crippen LogP contribution in [0.3, 0.4) is 0 Å². The minimum absolute atomic E-state index is 0.0133. The maximum absolute atomic E-state index is 12.7. The van der Waals surface area contributed by atoms with Crippen molar-refractivity contribution < 1.29 is 17.4 Å². The van der Waals surface area contributed by atoms with Crippen LogP contribution in [0.15, 0.2) is 69.1 Å². The number of aryl methyl sites for hydroxylation is 1. The molecule has 0 saturated heterocycles. The van der Waals surface area contributed by atoms with Gasteiger partial charge in [0.2, 0.25) is 5.17 Å². The van der Waals surface area contributed by atoms with E-state index in [4.69, 9.17) is 9.59 Å². The van der Waals surface area contributed by atoms with Crippen LogP contribution in [0.5, 0.6) is 5.75 Å². The molecule has 2 aromatic carbocycles. The molecular weight excluding hydrogens is 484 g/mol. The summed E-state index contributed by atoms with van der Waals surface area (Å²) >= 11 is 1.39. The normalized spacial score (nSPS) is 20.0. The quantitative estimate of drug-likeness (QED) is 0.451. The van der Waals surface area contributed by atoms with E-state index in [-0.39, 0.29) is 22.1 Å². The highest BCUT2D eigenvalue weighted by Crippen LogP contribution is 2.36. The zero-order valence-corrected chi connectivity index (χ0v) is 20.7. The number of nitrogens with zero attached hydrogens (tertiary/aromatic N) is 3. The van der Waals surface area contributed by atoms with Crippen LogP contribution in [-0.4, -0.2) is 35.4 Å². The lowest BCUT2D eigenvalue weighted by molar-refractivity contribution is -0.114. The number of benzene rings is 2. The van der Waals surface area contributed by atoms with E-state index in [9.17, 15) is 13.2 Å². The summed E-state index contributed by atoms with van der Waals surface area (Å²) in [6, 6.07) is 12.7. The van der Waals surface area contributed by atoms with E-state index in [0.29, 0.717) is 16.6 Å². The molecule has 5 rings (SSSR count). The van der Waals surface area contributed by atoms with Crippen molar-refractivity contribution in [2.45, 2.75) is 43.9 Å². The van der Waals surface area contributed by atoms with Crippen LogP contribution < -0.4 is 4.18 Å². The van der Waals surface area contributed by atoms with Gasteiger partial charge in [0.05, 0.1) is 5.57 Å². The summed E-state index contributed by atoms with van der Waals surface area (Å²) in [5.41, 5.74) is 1.69. The Labute approximate surface area is 208 Å². The number of amidine groups is 2. The van der Waals surface area contributed by atoms with Crippen molar-refractivity contribution in [3.63, 3.8) is 0 Å². The van der Waals surface area contributed by atoms with Crippen LogP contribution in [-0.2, 0) is 14.9 Å². The summed E-state index contributed by atoms with van der Waals surface area (Å²) in [5.74, 6) is 0.00793. The van der Waals surface area contributed by atoms with Crippen LogP contribution in [0, 0.1) is 18.3 Å². The third kappa shape index (κ3) is 4.94. The number of nitrogens with one attached hydrogen (secondary N) is 1. The molecule has 1 saturated carbocycles. The summed E-state index contributed by atoms with van der Waals surface area (Å²) in [4.78, 5) is 16.9. The molecule has 1 amide bonds. The van der Waals surface area contributed by atoms with Crippen LogP contribution in [0.1, 0.15) is 43.2 Å². The highest BCUT2D eigenvalue weighted by molar-refractivity contribution is 8.27. The second-order valence-electron chi connectivity index (χ2n) is 8.71. The first-order chi connectivity index (χ1) is 16.8. The van der Waals surface area contributed by atoms with E-state index in [1.807, 2.05) is 6.92 Å². The van der Waals surface area contributed by atoms with E-state index in [1.54, 1.807) is 30.3 Å². The van der Waals surface area contributed by atoms with Crippen LogP contribution in [0.2, 0.25) is 0 Å². The lowest BCUT2D eigenvalue weighted by Crippen LogP contribution is -2.35. The largest absolute Gasteiger partial charge is 0.379 e. The fraction of sp³-hybridized carbons (Fsp3) is 0.280. The maximum atomic E-state index is 12.7. The third-order valence-electron chi connectivity index (χ3n) is 6.13. The minimum atomic E-state index is -3.96. The van der Waals surface area contributed by atoms with Gasteiger partial charge < -0.3 is 4.18 Å². The number of fused-ring (bicyclic) bond motifs is 1. The lowest BCUT2D eigenvalue weighted by Gasteiger charge is -2.20. The Bertz CT molecular complexity index is 1370.